The van der Waals surface area contributed by atoms with Crippen LogP contribution < -0.4 is 4.90 Å². The predicted octanol–water partition coefficient (Wildman–Crippen LogP) is 23.2. The van der Waals surface area contributed by atoms with E-state index in [4.69, 9.17) is 0 Å². The van der Waals surface area contributed by atoms with E-state index < -0.39 is 0 Å². The van der Waals surface area contributed by atoms with Gasteiger partial charge in [0.2, 0.25) is 0 Å². The highest BCUT2D eigenvalue weighted by molar-refractivity contribution is 6.21. The van der Waals surface area contributed by atoms with Crippen LogP contribution in [-0.4, -0.2) is 0 Å². The first-order valence-corrected chi connectivity index (χ1v) is 30.2. The second kappa shape index (κ2) is 22.3. The van der Waals surface area contributed by atoms with Crippen molar-refractivity contribution in [3.63, 3.8) is 0 Å². The van der Waals surface area contributed by atoms with Gasteiger partial charge < -0.3 is 4.90 Å². The molecule has 0 spiro atoms. The van der Waals surface area contributed by atoms with Gasteiger partial charge in [-0.2, -0.15) is 0 Å². The van der Waals surface area contributed by atoms with Crippen molar-refractivity contribution in [2.45, 2.75) is 142 Å². The molecule has 0 amide bonds. The maximum atomic E-state index is 2.61. The third-order valence-corrected chi connectivity index (χ3v) is 18.4. The Hall–Kier alpha value is -7.48. The van der Waals surface area contributed by atoms with E-state index in [2.05, 4.69) is 247 Å². The number of fused-ring (bicyclic) bond motifs is 8. The van der Waals surface area contributed by atoms with Crippen LogP contribution in [0.3, 0.4) is 0 Å². The van der Waals surface area contributed by atoms with E-state index in [0.29, 0.717) is 0 Å². The average molecular weight is 1030 g/mol. The van der Waals surface area contributed by atoms with E-state index in [1.165, 1.54) is 189 Å². The smallest absolute Gasteiger partial charge is 0.0462 e. The lowest BCUT2D eigenvalue weighted by atomic mass is 9.70. The number of hydrogen-bond donors (Lipinski definition) is 0. The van der Waals surface area contributed by atoms with Crippen molar-refractivity contribution in [1.29, 1.82) is 0 Å². The third kappa shape index (κ3) is 9.72. The van der Waals surface area contributed by atoms with Gasteiger partial charge >= 0.3 is 0 Å². The highest BCUT2D eigenvalue weighted by Crippen LogP contribution is 2.56. The van der Waals surface area contributed by atoms with Gasteiger partial charge in [-0.25, -0.2) is 0 Å². The molecule has 0 N–H and O–H groups in total. The first-order valence-electron chi connectivity index (χ1n) is 30.2. The molecule has 0 saturated carbocycles. The number of hydrogen-bond acceptors (Lipinski definition) is 1. The number of aryl methyl sites for hydroxylation is 2. The van der Waals surface area contributed by atoms with Crippen LogP contribution in [-0.2, 0) is 10.8 Å². The zero-order chi connectivity index (χ0) is 54.1. The highest BCUT2D eigenvalue weighted by atomic mass is 15.1. The Morgan fingerprint density at radius 3 is 1.28 bits per heavy atom. The zero-order valence-electron chi connectivity index (χ0n) is 47.9. The molecule has 2 aliphatic carbocycles. The molecular formula is C78H79N. The van der Waals surface area contributed by atoms with Crippen molar-refractivity contribution in [2.75, 3.05) is 4.90 Å². The Morgan fingerprint density at radius 2 is 0.709 bits per heavy atom. The molecule has 0 unspecified atom stereocenters. The summed E-state index contributed by atoms with van der Waals surface area (Å²) in [5.74, 6) is 0. The Balaban J connectivity index is 0.891. The van der Waals surface area contributed by atoms with E-state index in [1.807, 2.05) is 0 Å². The maximum Gasteiger partial charge on any atom is 0.0462 e. The van der Waals surface area contributed by atoms with Gasteiger partial charge in [-0.15, -0.1) is 0 Å². The van der Waals surface area contributed by atoms with Gasteiger partial charge in [0.15, 0.2) is 0 Å². The van der Waals surface area contributed by atoms with E-state index >= 15 is 0 Å². The fraction of sp³-hybridized carbons (Fsp3) is 0.282. The number of rotatable bonds is 20. The second-order valence-corrected chi connectivity index (χ2v) is 24.0. The van der Waals surface area contributed by atoms with E-state index in [1.54, 1.807) is 11.1 Å². The molecule has 1 heteroatoms. The summed E-state index contributed by atoms with van der Waals surface area (Å²) >= 11 is 0. The molecule has 0 aliphatic heterocycles. The molecular weight excluding hydrogens is 951 g/mol. The SMILES string of the molecule is CCCCCCCCC1(CCCCCCCC)c2cc(C)ccc2-c2ccc(-c3ccc(N(c4ccc(C)cc4)c4ccc(-c5c6ccccc6c(-c6ccc7c(c6)C(C)(C)c6ccccc6-7)c6ccccc56)cc4)cc3)cc21. The van der Waals surface area contributed by atoms with Crippen molar-refractivity contribution in [2.24, 2.45) is 0 Å². The summed E-state index contributed by atoms with van der Waals surface area (Å²) in [5.41, 5.74) is 25.2. The molecule has 79 heavy (non-hydrogen) atoms. The first-order chi connectivity index (χ1) is 38.7. The number of nitrogens with zero attached hydrogens (tertiary/aromatic N) is 1. The fourth-order valence-electron chi connectivity index (χ4n) is 14.2. The van der Waals surface area contributed by atoms with Gasteiger partial charge in [0, 0.05) is 27.9 Å². The largest absolute Gasteiger partial charge is 0.311 e. The summed E-state index contributed by atoms with van der Waals surface area (Å²) in [6.07, 6.45) is 18.4. The molecule has 0 radical (unpaired) electrons. The highest BCUT2D eigenvalue weighted by Gasteiger charge is 2.42. The molecule has 0 saturated heterocycles. The Morgan fingerprint density at radius 1 is 0.316 bits per heavy atom. The Bertz CT molecular complexity index is 3720. The van der Waals surface area contributed by atoms with Crippen molar-refractivity contribution < 1.29 is 0 Å². The molecule has 0 atom stereocenters. The van der Waals surface area contributed by atoms with Crippen LogP contribution in [0.1, 0.15) is 151 Å². The van der Waals surface area contributed by atoms with Crippen LogP contribution in [0.2, 0.25) is 0 Å². The first kappa shape index (κ1) is 52.2. The minimum atomic E-state index is -0.0775. The van der Waals surface area contributed by atoms with Crippen LogP contribution in [0.15, 0.2) is 200 Å². The van der Waals surface area contributed by atoms with Crippen molar-refractivity contribution in [1.82, 2.24) is 0 Å². The number of benzene rings is 10. The zero-order valence-corrected chi connectivity index (χ0v) is 47.9. The van der Waals surface area contributed by atoms with Crippen LogP contribution in [0, 0.1) is 13.8 Å². The summed E-state index contributed by atoms with van der Waals surface area (Å²) in [6.45, 7) is 13.9. The predicted molar refractivity (Wildman–Crippen MR) is 342 cm³/mol. The Kier molecular flexibility index (Phi) is 14.8. The standard InChI is InChI=1S/C78H79N/c1-7-9-11-13-15-23-49-78(50-24-16-14-12-10-8-2)73-51-55(4)33-46-65(73)66-47-38-58(52-74(66)78)56-34-42-61(43-35-56)79(60-40-31-54(3)32-41-60)62-44-36-57(37-45-62)75-67-26-17-19-28-69(67)76(70-29-20-18-27-68(70)75)59-39-48-64-63-25-21-22-30-71(63)77(5,6)72(64)53-59/h17-22,25-48,51-53H,7-16,23-24,49-50H2,1-6H3. The van der Waals surface area contributed by atoms with E-state index in [9.17, 15) is 0 Å². The lowest BCUT2D eigenvalue weighted by Crippen LogP contribution is -2.25. The topological polar surface area (TPSA) is 3.24 Å². The lowest BCUT2D eigenvalue weighted by molar-refractivity contribution is 0.398. The molecule has 2 aliphatic rings. The molecule has 10 aromatic carbocycles. The third-order valence-electron chi connectivity index (χ3n) is 18.4. The molecule has 0 heterocycles. The number of anilines is 3. The second-order valence-electron chi connectivity index (χ2n) is 24.0. The maximum absolute atomic E-state index is 2.61. The minimum absolute atomic E-state index is 0.0460. The van der Waals surface area contributed by atoms with Gasteiger partial charge in [0.05, 0.1) is 0 Å². The average Bonchev–Trinajstić information content (AvgIpc) is 4.00. The summed E-state index contributed by atoms with van der Waals surface area (Å²) in [6, 6.07) is 76.8. The van der Waals surface area contributed by atoms with Gasteiger partial charge in [0.25, 0.3) is 0 Å². The van der Waals surface area contributed by atoms with Gasteiger partial charge in [-0.05, 0) is 175 Å². The van der Waals surface area contributed by atoms with Crippen molar-refractivity contribution >= 4 is 38.6 Å². The van der Waals surface area contributed by atoms with Crippen LogP contribution in [0.4, 0.5) is 17.1 Å². The molecule has 0 aromatic heterocycles. The van der Waals surface area contributed by atoms with Crippen LogP contribution in [0.25, 0.3) is 77.2 Å². The quantitative estimate of drug-likeness (QED) is 0.0543. The summed E-state index contributed by atoms with van der Waals surface area (Å²) in [7, 11) is 0. The van der Waals surface area contributed by atoms with Crippen LogP contribution in [0.5, 0.6) is 0 Å². The molecule has 12 rings (SSSR count). The van der Waals surface area contributed by atoms with E-state index in [0.717, 1.165) is 17.1 Å². The monoisotopic (exact) mass is 1030 g/mol. The number of unbranched alkanes of at least 4 members (excludes halogenated alkanes) is 10. The molecule has 396 valence electrons. The lowest BCUT2D eigenvalue weighted by Gasteiger charge is -2.33. The van der Waals surface area contributed by atoms with Gasteiger partial charge in [-0.1, -0.05) is 268 Å². The van der Waals surface area contributed by atoms with Gasteiger partial charge in [-0.3, -0.25) is 0 Å². The van der Waals surface area contributed by atoms with Gasteiger partial charge in [0.1, 0.15) is 0 Å². The summed E-state index contributed by atoms with van der Waals surface area (Å²) < 4.78 is 0. The van der Waals surface area contributed by atoms with Crippen molar-refractivity contribution in [3.05, 3.63) is 234 Å². The Labute approximate surface area is 472 Å². The van der Waals surface area contributed by atoms with E-state index in [-0.39, 0.29) is 10.8 Å². The molecule has 10 aromatic rings. The summed E-state index contributed by atoms with van der Waals surface area (Å²) in [5, 5.41) is 5.09. The van der Waals surface area contributed by atoms with Crippen LogP contribution >= 0.6 is 0 Å². The minimum Gasteiger partial charge on any atom is -0.311 e. The van der Waals surface area contributed by atoms with Crippen molar-refractivity contribution in [3.8, 4) is 55.6 Å². The normalized spacial score (nSPS) is 13.6. The molecule has 0 fully saturated rings. The molecule has 1 nitrogen and oxygen atoms in total. The fourth-order valence-corrected chi connectivity index (χ4v) is 14.2. The summed E-state index contributed by atoms with van der Waals surface area (Å²) in [4.78, 5) is 2.42. The molecule has 0 bridgehead atoms.